The van der Waals surface area contributed by atoms with Crippen molar-refractivity contribution < 1.29 is 13.2 Å². The first-order valence-electron chi connectivity index (χ1n) is 7.65. The Morgan fingerprint density at radius 3 is 2.76 bits per heavy atom. The van der Waals surface area contributed by atoms with Gasteiger partial charge in [-0.25, -0.2) is 23.1 Å². The lowest BCUT2D eigenvalue weighted by atomic mass is 10.1. The van der Waals surface area contributed by atoms with Crippen LogP contribution in [-0.2, 0) is 6.67 Å². The maximum absolute atomic E-state index is 13.7. The van der Waals surface area contributed by atoms with Gasteiger partial charge in [0.1, 0.15) is 30.2 Å². The zero-order valence-electron chi connectivity index (χ0n) is 13.2. The van der Waals surface area contributed by atoms with Crippen LogP contribution in [-0.4, -0.2) is 16.5 Å². The minimum absolute atomic E-state index is 0.0573. The van der Waals surface area contributed by atoms with E-state index in [1.54, 1.807) is 24.3 Å². The number of alkyl halides is 1. The summed E-state index contributed by atoms with van der Waals surface area (Å²) in [7, 11) is 0. The Balaban J connectivity index is 1.69. The Labute approximate surface area is 142 Å². The highest BCUT2D eigenvalue weighted by Crippen LogP contribution is 2.22. The quantitative estimate of drug-likeness (QED) is 0.570. The van der Waals surface area contributed by atoms with Gasteiger partial charge in [-0.1, -0.05) is 30.0 Å². The highest BCUT2D eigenvalue weighted by Gasteiger charge is 2.09. The summed E-state index contributed by atoms with van der Waals surface area (Å²) in [4.78, 5) is 7.85. The summed E-state index contributed by atoms with van der Waals surface area (Å²) in [6.07, 6.45) is 1.68. The molecule has 0 saturated heterocycles. The van der Waals surface area contributed by atoms with Crippen LogP contribution in [0.5, 0.6) is 0 Å². The molecule has 0 amide bonds. The van der Waals surface area contributed by atoms with Gasteiger partial charge < -0.3 is 5.32 Å². The van der Waals surface area contributed by atoms with E-state index in [1.165, 1.54) is 12.4 Å². The predicted molar refractivity (Wildman–Crippen MR) is 90.7 cm³/mol. The van der Waals surface area contributed by atoms with Crippen molar-refractivity contribution in [3.8, 4) is 11.8 Å². The molecule has 3 aromatic rings. The van der Waals surface area contributed by atoms with E-state index >= 15 is 0 Å². The van der Waals surface area contributed by atoms with Crippen LogP contribution < -0.4 is 5.32 Å². The van der Waals surface area contributed by atoms with E-state index in [4.69, 9.17) is 0 Å². The van der Waals surface area contributed by atoms with Crippen molar-refractivity contribution in [1.82, 2.24) is 9.97 Å². The number of anilines is 1. The lowest BCUT2D eigenvalue weighted by Gasteiger charge is -2.07. The number of nitrogens with zero attached hydrogens (tertiary/aromatic N) is 2. The molecular weight excluding hydrogens is 327 g/mol. The van der Waals surface area contributed by atoms with Crippen molar-refractivity contribution in [1.29, 1.82) is 0 Å². The lowest BCUT2D eigenvalue weighted by Crippen LogP contribution is -2.04. The molecule has 0 radical (unpaired) electrons. The van der Waals surface area contributed by atoms with Crippen LogP contribution in [0.15, 0.2) is 42.7 Å². The van der Waals surface area contributed by atoms with Crippen molar-refractivity contribution >= 4 is 16.7 Å². The number of nitrogens with one attached hydrogen (secondary N) is 1. The molecule has 3 nitrogen and oxygen atoms in total. The second-order valence-corrected chi connectivity index (χ2v) is 5.28. The SMILES string of the molecule is FCc1ccccc1C#CCCNc1ncnc2c(F)cc(F)cc12. The summed E-state index contributed by atoms with van der Waals surface area (Å²) in [5.74, 6) is 4.79. The van der Waals surface area contributed by atoms with Crippen LogP contribution in [0.4, 0.5) is 19.0 Å². The average Bonchev–Trinajstić information content (AvgIpc) is 2.62. The normalized spacial score (nSPS) is 10.4. The summed E-state index contributed by atoms with van der Waals surface area (Å²) in [6.45, 7) is -0.137. The highest BCUT2D eigenvalue weighted by atomic mass is 19.1. The Morgan fingerprint density at radius 1 is 1.08 bits per heavy atom. The van der Waals surface area contributed by atoms with E-state index in [2.05, 4.69) is 27.1 Å². The maximum Gasteiger partial charge on any atom is 0.152 e. The number of fused-ring (bicyclic) bond motifs is 1. The van der Waals surface area contributed by atoms with Gasteiger partial charge >= 0.3 is 0 Å². The second kappa shape index (κ2) is 7.67. The molecule has 0 atom stereocenters. The molecule has 6 heteroatoms. The molecule has 1 heterocycles. The minimum atomic E-state index is -0.733. The first-order chi connectivity index (χ1) is 12.2. The van der Waals surface area contributed by atoms with Crippen LogP contribution in [0, 0.1) is 23.5 Å². The van der Waals surface area contributed by atoms with Gasteiger partial charge in [0.25, 0.3) is 0 Å². The molecule has 0 aliphatic rings. The molecule has 0 fully saturated rings. The number of halogens is 3. The fraction of sp³-hybridized carbons (Fsp3) is 0.158. The van der Waals surface area contributed by atoms with Gasteiger partial charge in [0.2, 0.25) is 0 Å². The van der Waals surface area contributed by atoms with E-state index < -0.39 is 18.3 Å². The van der Waals surface area contributed by atoms with Crippen LogP contribution >= 0.6 is 0 Å². The first kappa shape index (κ1) is 16.8. The fourth-order valence-corrected chi connectivity index (χ4v) is 2.39. The number of hydrogen-bond acceptors (Lipinski definition) is 3. The number of hydrogen-bond donors (Lipinski definition) is 1. The maximum atomic E-state index is 13.7. The molecule has 2 aromatic carbocycles. The third-order valence-electron chi connectivity index (χ3n) is 3.58. The number of aromatic nitrogens is 2. The van der Waals surface area contributed by atoms with Crippen LogP contribution in [0.3, 0.4) is 0 Å². The van der Waals surface area contributed by atoms with Crippen LogP contribution in [0.25, 0.3) is 10.9 Å². The smallest absolute Gasteiger partial charge is 0.152 e. The van der Waals surface area contributed by atoms with Crippen molar-refractivity contribution in [2.75, 3.05) is 11.9 Å². The minimum Gasteiger partial charge on any atom is -0.368 e. The van der Waals surface area contributed by atoms with Gasteiger partial charge in [0.05, 0.1) is 0 Å². The summed E-state index contributed by atoms with van der Waals surface area (Å²) in [6, 6.07) is 8.99. The summed E-state index contributed by atoms with van der Waals surface area (Å²) in [5, 5.41) is 3.27. The molecule has 1 N–H and O–H groups in total. The highest BCUT2D eigenvalue weighted by molar-refractivity contribution is 5.89. The largest absolute Gasteiger partial charge is 0.368 e. The lowest BCUT2D eigenvalue weighted by molar-refractivity contribution is 0.484. The molecule has 25 heavy (non-hydrogen) atoms. The predicted octanol–water partition coefficient (Wildman–Crippen LogP) is 4.23. The van der Waals surface area contributed by atoms with E-state index in [1.807, 2.05) is 0 Å². The van der Waals surface area contributed by atoms with Gasteiger partial charge in [0.15, 0.2) is 5.82 Å². The Hall–Kier alpha value is -3.07. The van der Waals surface area contributed by atoms with Gasteiger partial charge in [-0.05, 0) is 17.7 Å². The van der Waals surface area contributed by atoms with Crippen molar-refractivity contribution in [2.24, 2.45) is 0 Å². The van der Waals surface area contributed by atoms with Gasteiger partial charge in [-0.3, -0.25) is 0 Å². The zero-order valence-corrected chi connectivity index (χ0v) is 13.2. The second-order valence-electron chi connectivity index (χ2n) is 5.28. The van der Waals surface area contributed by atoms with Gasteiger partial charge in [-0.2, -0.15) is 0 Å². The van der Waals surface area contributed by atoms with Crippen LogP contribution in [0.2, 0.25) is 0 Å². The van der Waals surface area contributed by atoms with E-state index in [0.29, 0.717) is 29.9 Å². The van der Waals surface area contributed by atoms with E-state index in [9.17, 15) is 13.2 Å². The molecule has 0 aliphatic heterocycles. The summed E-state index contributed by atoms with van der Waals surface area (Å²) in [5.41, 5.74) is 1.26. The van der Waals surface area contributed by atoms with Crippen molar-refractivity contribution in [2.45, 2.75) is 13.1 Å². The molecular formula is C19H14F3N3. The Kier molecular flexibility index (Phi) is 5.14. The third kappa shape index (κ3) is 3.89. The Morgan fingerprint density at radius 2 is 1.92 bits per heavy atom. The zero-order chi connectivity index (χ0) is 17.6. The molecule has 0 aliphatic carbocycles. The standard InChI is InChI=1S/C19H14F3N3/c20-11-14-7-2-1-5-13(14)6-3-4-8-23-19-16-9-15(21)10-17(22)18(16)24-12-25-19/h1-2,5,7,9-10,12H,4,8,11H2,(H,23,24,25). The number of benzene rings is 2. The molecule has 0 unspecified atom stereocenters. The molecule has 0 saturated carbocycles. The van der Waals surface area contributed by atoms with E-state index in [0.717, 1.165) is 6.07 Å². The molecule has 1 aromatic heterocycles. The fourth-order valence-electron chi connectivity index (χ4n) is 2.39. The Bertz CT molecular complexity index is 961. The first-order valence-corrected chi connectivity index (χ1v) is 7.65. The van der Waals surface area contributed by atoms with E-state index in [-0.39, 0.29) is 10.9 Å². The van der Waals surface area contributed by atoms with Crippen molar-refractivity contribution in [3.63, 3.8) is 0 Å². The molecule has 0 spiro atoms. The topological polar surface area (TPSA) is 37.8 Å². The molecule has 0 bridgehead atoms. The monoisotopic (exact) mass is 341 g/mol. The average molecular weight is 341 g/mol. The molecule has 3 rings (SSSR count). The third-order valence-corrected chi connectivity index (χ3v) is 3.58. The van der Waals surface area contributed by atoms with Gasteiger partial charge in [0, 0.05) is 30.0 Å². The summed E-state index contributed by atoms with van der Waals surface area (Å²) < 4.78 is 40.0. The summed E-state index contributed by atoms with van der Waals surface area (Å²) >= 11 is 0. The number of rotatable bonds is 4. The van der Waals surface area contributed by atoms with Crippen molar-refractivity contribution in [3.05, 3.63) is 65.5 Å². The van der Waals surface area contributed by atoms with Gasteiger partial charge in [-0.15, -0.1) is 0 Å². The van der Waals surface area contributed by atoms with Crippen LogP contribution in [0.1, 0.15) is 17.5 Å². The molecule has 126 valence electrons.